The van der Waals surface area contributed by atoms with Crippen molar-refractivity contribution < 1.29 is 4.79 Å². The van der Waals surface area contributed by atoms with E-state index in [2.05, 4.69) is 4.98 Å². The van der Waals surface area contributed by atoms with Crippen molar-refractivity contribution in [2.75, 3.05) is 14.1 Å². The number of carbonyl (C=O) groups excluding carboxylic acids is 1. The molecule has 0 aliphatic rings. The maximum absolute atomic E-state index is 11.7. The van der Waals surface area contributed by atoms with Gasteiger partial charge in [0.05, 0.1) is 0 Å². The Balaban J connectivity index is 2.52. The molecule has 1 amide bonds. The van der Waals surface area contributed by atoms with Crippen molar-refractivity contribution in [1.82, 2.24) is 9.88 Å². The van der Waals surface area contributed by atoms with E-state index < -0.39 is 0 Å². The number of carbonyl (C=O) groups is 1. The van der Waals surface area contributed by atoms with Crippen LogP contribution in [0.15, 0.2) is 24.3 Å². The summed E-state index contributed by atoms with van der Waals surface area (Å²) >= 11 is 5.86. The molecule has 0 aliphatic heterocycles. The number of hydrogen-bond acceptors (Lipinski definition) is 1. The van der Waals surface area contributed by atoms with E-state index in [4.69, 9.17) is 11.6 Å². The Labute approximate surface area is 92.6 Å². The fourth-order valence-electron chi connectivity index (χ4n) is 1.46. The summed E-state index contributed by atoms with van der Waals surface area (Å²) in [7, 11) is 3.45. The number of amides is 1. The molecule has 3 nitrogen and oxygen atoms in total. The number of hydrogen-bond donors (Lipinski definition) is 1. The summed E-state index contributed by atoms with van der Waals surface area (Å²) in [5.74, 6) is -0.0395. The SMILES string of the molecule is CN(C)C(=O)c1cc2cc(Cl)ccc2[nH]1. The number of rotatable bonds is 1. The van der Waals surface area contributed by atoms with Crippen LogP contribution in [0.5, 0.6) is 0 Å². The van der Waals surface area contributed by atoms with Gasteiger partial charge in [0.15, 0.2) is 0 Å². The number of fused-ring (bicyclic) bond motifs is 1. The van der Waals surface area contributed by atoms with Gasteiger partial charge in [0.1, 0.15) is 5.69 Å². The first-order valence-corrected chi connectivity index (χ1v) is 4.95. The minimum atomic E-state index is -0.0395. The highest BCUT2D eigenvalue weighted by Crippen LogP contribution is 2.20. The highest BCUT2D eigenvalue weighted by Gasteiger charge is 2.10. The molecule has 1 aromatic carbocycles. The molecule has 0 bridgehead atoms. The maximum Gasteiger partial charge on any atom is 0.269 e. The summed E-state index contributed by atoms with van der Waals surface area (Å²) in [6.07, 6.45) is 0. The van der Waals surface area contributed by atoms with Crippen molar-refractivity contribution in [3.05, 3.63) is 35.0 Å². The molecule has 2 aromatic rings. The number of nitrogens with one attached hydrogen (secondary N) is 1. The van der Waals surface area contributed by atoms with E-state index in [1.54, 1.807) is 20.2 Å². The summed E-state index contributed by atoms with van der Waals surface area (Å²) in [4.78, 5) is 16.2. The van der Waals surface area contributed by atoms with Crippen molar-refractivity contribution in [2.24, 2.45) is 0 Å². The molecule has 0 saturated heterocycles. The Morgan fingerprint density at radius 3 is 2.73 bits per heavy atom. The van der Waals surface area contributed by atoms with Crippen LogP contribution in [0, 0.1) is 0 Å². The molecule has 78 valence electrons. The lowest BCUT2D eigenvalue weighted by Gasteiger charge is -2.07. The first-order chi connectivity index (χ1) is 7.08. The topological polar surface area (TPSA) is 36.1 Å². The quantitative estimate of drug-likeness (QED) is 0.791. The molecule has 0 saturated carbocycles. The maximum atomic E-state index is 11.7. The van der Waals surface area contributed by atoms with Crippen LogP contribution >= 0.6 is 11.6 Å². The first kappa shape index (κ1) is 10.1. The predicted molar refractivity (Wildman–Crippen MR) is 61.3 cm³/mol. The zero-order valence-corrected chi connectivity index (χ0v) is 9.30. The minimum Gasteiger partial charge on any atom is -0.351 e. The smallest absolute Gasteiger partial charge is 0.269 e. The van der Waals surface area contributed by atoms with E-state index in [9.17, 15) is 4.79 Å². The lowest BCUT2D eigenvalue weighted by Crippen LogP contribution is -2.21. The van der Waals surface area contributed by atoms with Gasteiger partial charge in [-0.15, -0.1) is 0 Å². The Hall–Kier alpha value is -1.48. The van der Waals surface area contributed by atoms with Crippen molar-refractivity contribution in [3.63, 3.8) is 0 Å². The molecule has 0 fully saturated rings. The lowest BCUT2D eigenvalue weighted by molar-refractivity contribution is 0.0823. The Bertz CT molecular complexity index is 516. The van der Waals surface area contributed by atoms with Gasteiger partial charge in [0.25, 0.3) is 5.91 Å². The molecule has 1 N–H and O–H groups in total. The fourth-order valence-corrected chi connectivity index (χ4v) is 1.64. The monoisotopic (exact) mass is 222 g/mol. The second-order valence-corrected chi connectivity index (χ2v) is 4.05. The van der Waals surface area contributed by atoms with Crippen LogP contribution in [-0.4, -0.2) is 29.9 Å². The van der Waals surface area contributed by atoms with E-state index in [-0.39, 0.29) is 5.91 Å². The summed E-state index contributed by atoms with van der Waals surface area (Å²) in [6.45, 7) is 0. The second kappa shape index (κ2) is 3.59. The van der Waals surface area contributed by atoms with Gasteiger partial charge in [0.2, 0.25) is 0 Å². The average Bonchev–Trinajstić information content (AvgIpc) is 2.58. The zero-order valence-electron chi connectivity index (χ0n) is 8.54. The van der Waals surface area contributed by atoms with E-state index in [1.165, 1.54) is 4.90 Å². The number of halogens is 1. The van der Waals surface area contributed by atoms with Gasteiger partial charge in [-0.05, 0) is 24.3 Å². The van der Waals surface area contributed by atoms with Crippen LogP contribution in [0.1, 0.15) is 10.5 Å². The highest BCUT2D eigenvalue weighted by molar-refractivity contribution is 6.31. The average molecular weight is 223 g/mol. The molecule has 15 heavy (non-hydrogen) atoms. The van der Waals surface area contributed by atoms with Crippen molar-refractivity contribution in [3.8, 4) is 0 Å². The lowest BCUT2D eigenvalue weighted by atomic mass is 10.2. The second-order valence-electron chi connectivity index (χ2n) is 3.61. The predicted octanol–water partition coefficient (Wildman–Crippen LogP) is 2.52. The van der Waals surface area contributed by atoms with Crippen LogP contribution in [0.2, 0.25) is 5.02 Å². The van der Waals surface area contributed by atoms with E-state index in [1.807, 2.05) is 18.2 Å². The third-order valence-electron chi connectivity index (χ3n) is 2.22. The molecule has 2 rings (SSSR count). The van der Waals surface area contributed by atoms with Crippen LogP contribution < -0.4 is 0 Å². The zero-order chi connectivity index (χ0) is 11.0. The van der Waals surface area contributed by atoms with Crippen LogP contribution in [0.25, 0.3) is 10.9 Å². The summed E-state index contributed by atoms with van der Waals surface area (Å²) in [6, 6.07) is 7.30. The molecule has 1 heterocycles. The van der Waals surface area contributed by atoms with Crippen LogP contribution in [0.4, 0.5) is 0 Å². The number of H-pyrrole nitrogens is 1. The number of aromatic nitrogens is 1. The van der Waals surface area contributed by atoms with Crippen molar-refractivity contribution in [2.45, 2.75) is 0 Å². The third-order valence-corrected chi connectivity index (χ3v) is 2.45. The Morgan fingerprint density at radius 2 is 2.07 bits per heavy atom. The van der Waals surface area contributed by atoms with Crippen LogP contribution in [0.3, 0.4) is 0 Å². The fraction of sp³-hybridized carbons (Fsp3) is 0.182. The summed E-state index contributed by atoms with van der Waals surface area (Å²) < 4.78 is 0. The number of aromatic amines is 1. The highest BCUT2D eigenvalue weighted by atomic mass is 35.5. The number of nitrogens with zero attached hydrogens (tertiary/aromatic N) is 1. The number of benzene rings is 1. The third kappa shape index (κ3) is 1.83. The summed E-state index contributed by atoms with van der Waals surface area (Å²) in [5, 5.41) is 1.62. The molecule has 0 aliphatic carbocycles. The van der Waals surface area contributed by atoms with Gasteiger partial charge < -0.3 is 9.88 Å². The van der Waals surface area contributed by atoms with Crippen molar-refractivity contribution in [1.29, 1.82) is 0 Å². The molecule has 1 aromatic heterocycles. The summed E-state index contributed by atoms with van der Waals surface area (Å²) in [5.41, 5.74) is 1.50. The molecule has 0 atom stereocenters. The van der Waals surface area contributed by atoms with Gasteiger partial charge in [-0.2, -0.15) is 0 Å². The van der Waals surface area contributed by atoms with E-state index in [0.29, 0.717) is 10.7 Å². The first-order valence-electron chi connectivity index (χ1n) is 4.58. The standard InChI is InChI=1S/C11H11ClN2O/c1-14(2)11(15)10-6-7-5-8(12)3-4-9(7)13-10/h3-6,13H,1-2H3. The molecule has 0 unspecified atom stereocenters. The Morgan fingerprint density at radius 1 is 1.33 bits per heavy atom. The molecular formula is C11H11ClN2O. The molecular weight excluding hydrogens is 212 g/mol. The van der Waals surface area contributed by atoms with Gasteiger partial charge in [-0.1, -0.05) is 11.6 Å². The van der Waals surface area contributed by atoms with Gasteiger partial charge in [0, 0.05) is 30.0 Å². The van der Waals surface area contributed by atoms with E-state index in [0.717, 1.165) is 10.9 Å². The van der Waals surface area contributed by atoms with Crippen LogP contribution in [-0.2, 0) is 0 Å². The molecule has 0 radical (unpaired) electrons. The van der Waals surface area contributed by atoms with Gasteiger partial charge in [-0.3, -0.25) is 4.79 Å². The molecule has 0 spiro atoms. The van der Waals surface area contributed by atoms with E-state index >= 15 is 0 Å². The van der Waals surface area contributed by atoms with Gasteiger partial charge >= 0.3 is 0 Å². The van der Waals surface area contributed by atoms with Crippen molar-refractivity contribution >= 4 is 28.4 Å². The minimum absolute atomic E-state index is 0.0395. The Kier molecular flexibility index (Phi) is 2.40. The largest absolute Gasteiger partial charge is 0.351 e. The molecule has 4 heteroatoms. The normalized spacial score (nSPS) is 10.6. The van der Waals surface area contributed by atoms with Gasteiger partial charge in [-0.25, -0.2) is 0 Å².